The highest BCUT2D eigenvalue weighted by Crippen LogP contribution is 2.37. The molecule has 5 nitrogen and oxygen atoms in total. The number of sulfone groups is 1. The smallest absolute Gasteiger partial charge is 0.185 e. The van der Waals surface area contributed by atoms with Crippen LogP contribution in [0.4, 0.5) is 4.39 Å². The van der Waals surface area contributed by atoms with Crippen LogP contribution in [0.25, 0.3) is 0 Å². The van der Waals surface area contributed by atoms with Crippen LogP contribution in [0.3, 0.4) is 0 Å². The van der Waals surface area contributed by atoms with E-state index >= 15 is 0 Å². The number of H-pyrrole nitrogens is 1. The Labute approximate surface area is 109 Å². The number of nitrogens with zero attached hydrogens (tertiary/aromatic N) is 2. The molecule has 1 aromatic carbocycles. The van der Waals surface area contributed by atoms with E-state index in [0.29, 0.717) is 17.6 Å². The molecule has 1 N–H and O–H groups in total. The van der Waals surface area contributed by atoms with Crippen LogP contribution in [-0.4, -0.2) is 23.6 Å². The number of aromatic nitrogens is 3. The number of rotatable bonds is 4. The van der Waals surface area contributed by atoms with Gasteiger partial charge in [-0.05, 0) is 31.0 Å². The van der Waals surface area contributed by atoms with Crippen molar-refractivity contribution in [1.29, 1.82) is 0 Å². The van der Waals surface area contributed by atoms with Crippen LogP contribution in [0.2, 0.25) is 0 Å². The second-order valence-electron chi connectivity index (χ2n) is 4.63. The Morgan fingerprint density at radius 2 is 2.16 bits per heavy atom. The van der Waals surface area contributed by atoms with Gasteiger partial charge in [-0.2, -0.15) is 5.10 Å². The molecule has 100 valence electrons. The maximum atomic E-state index is 13.1. The van der Waals surface area contributed by atoms with Crippen molar-refractivity contribution in [3.63, 3.8) is 0 Å². The first-order valence-corrected chi connectivity index (χ1v) is 7.59. The average Bonchev–Trinajstić information content (AvgIpc) is 3.11. The number of hydrogen-bond acceptors (Lipinski definition) is 4. The average molecular weight is 281 g/mol. The monoisotopic (exact) mass is 281 g/mol. The van der Waals surface area contributed by atoms with Crippen LogP contribution in [0.5, 0.6) is 0 Å². The first-order valence-electron chi connectivity index (χ1n) is 5.94. The van der Waals surface area contributed by atoms with Gasteiger partial charge in [0.05, 0.1) is 4.90 Å². The van der Waals surface area contributed by atoms with E-state index in [2.05, 4.69) is 15.2 Å². The predicted octanol–water partition coefficient (Wildman–Crippen LogP) is 1.80. The lowest BCUT2D eigenvalue weighted by atomic mass is 10.4. The molecule has 0 spiro atoms. The van der Waals surface area contributed by atoms with E-state index in [0.717, 1.165) is 18.9 Å². The maximum Gasteiger partial charge on any atom is 0.185 e. The lowest BCUT2D eigenvalue weighted by Crippen LogP contribution is -2.06. The lowest BCUT2D eigenvalue weighted by Gasteiger charge is -2.01. The molecule has 2 aromatic rings. The molecule has 0 radical (unpaired) electrons. The van der Waals surface area contributed by atoms with Crippen LogP contribution in [0.1, 0.15) is 30.4 Å². The second-order valence-corrected chi connectivity index (χ2v) is 6.62. The normalized spacial score (nSPS) is 15.6. The number of halogens is 1. The van der Waals surface area contributed by atoms with Crippen molar-refractivity contribution in [2.24, 2.45) is 0 Å². The number of nitrogens with one attached hydrogen (secondary N) is 1. The van der Waals surface area contributed by atoms with Crippen LogP contribution in [-0.2, 0) is 15.6 Å². The summed E-state index contributed by atoms with van der Waals surface area (Å²) in [6, 6.07) is 4.96. The quantitative estimate of drug-likeness (QED) is 0.927. The third-order valence-electron chi connectivity index (χ3n) is 2.97. The highest BCUT2D eigenvalue weighted by molar-refractivity contribution is 7.90. The minimum Gasteiger partial charge on any atom is -0.262 e. The van der Waals surface area contributed by atoms with E-state index < -0.39 is 15.7 Å². The molecule has 1 aromatic heterocycles. The van der Waals surface area contributed by atoms with Crippen molar-refractivity contribution in [2.45, 2.75) is 29.4 Å². The molecule has 1 aliphatic rings. The van der Waals surface area contributed by atoms with Crippen molar-refractivity contribution in [1.82, 2.24) is 15.2 Å². The Morgan fingerprint density at radius 1 is 1.37 bits per heavy atom. The van der Waals surface area contributed by atoms with Gasteiger partial charge in [0.15, 0.2) is 15.7 Å². The van der Waals surface area contributed by atoms with Crippen LogP contribution in [0, 0.1) is 5.82 Å². The summed E-state index contributed by atoms with van der Waals surface area (Å²) in [7, 11) is -3.60. The zero-order chi connectivity index (χ0) is 13.5. The van der Waals surface area contributed by atoms with Crippen LogP contribution >= 0.6 is 0 Å². The van der Waals surface area contributed by atoms with E-state index in [1.807, 2.05) is 0 Å². The van der Waals surface area contributed by atoms with Gasteiger partial charge in [-0.15, -0.1) is 0 Å². The number of aromatic amines is 1. The van der Waals surface area contributed by atoms with E-state index in [-0.39, 0.29) is 10.6 Å². The minimum absolute atomic E-state index is 0.0446. The van der Waals surface area contributed by atoms with Crippen molar-refractivity contribution in [2.75, 3.05) is 0 Å². The van der Waals surface area contributed by atoms with Gasteiger partial charge in [0.1, 0.15) is 17.4 Å². The summed E-state index contributed by atoms with van der Waals surface area (Å²) in [6.45, 7) is 0. The molecule has 0 amide bonds. The van der Waals surface area contributed by atoms with Crippen molar-refractivity contribution >= 4 is 9.84 Å². The summed E-state index contributed by atoms with van der Waals surface area (Å²) in [5.74, 6) is 0.464. The fourth-order valence-electron chi connectivity index (χ4n) is 1.82. The van der Waals surface area contributed by atoms with Gasteiger partial charge in [-0.3, -0.25) is 5.10 Å². The molecule has 3 rings (SSSR count). The largest absolute Gasteiger partial charge is 0.262 e. The van der Waals surface area contributed by atoms with Crippen molar-refractivity contribution < 1.29 is 12.8 Å². The molecule has 7 heteroatoms. The summed E-state index contributed by atoms with van der Waals surface area (Å²) in [5, 5.41) is 6.63. The Morgan fingerprint density at radius 3 is 2.84 bits per heavy atom. The fraction of sp³-hybridized carbons (Fsp3) is 0.333. The summed E-state index contributed by atoms with van der Waals surface area (Å²) in [4.78, 5) is 4.12. The lowest BCUT2D eigenvalue weighted by molar-refractivity contribution is 0.589. The number of hydrogen-bond donors (Lipinski definition) is 1. The van der Waals surface area contributed by atoms with Crippen molar-refractivity contribution in [3.05, 3.63) is 41.7 Å². The molecule has 0 bridgehead atoms. The molecule has 1 heterocycles. The zero-order valence-corrected chi connectivity index (χ0v) is 10.8. The topological polar surface area (TPSA) is 75.7 Å². The molecule has 0 aliphatic heterocycles. The molecule has 0 atom stereocenters. The van der Waals surface area contributed by atoms with E-state index in [1.165, 1.54) is 18.2 Å². The first-order chi connectivity index (χ1) is 9.04. The highest BCUT2D eigenvalue weighted by Gasteiger charge is 2.28. The third kappa shape index (κ3) is 2.65. The van der Waals surface area contributed by atoms with Gasteiger partial charge in [0.25, 0.3) is 0 Å². The molecule has 1 saturated carbocycles. The zero-order valence-electron chi connectivity index (χ0n) is 10.0. The van der Waals surface area contributed by atoms with E-state index in [9.17, 15) is 12.8 Å². The van der Waals surface area contributed by atoms with Gasteiger partial charge in [0.2, 0.25) is 0 Å². The van der Waals surface area contributed by atoms with Gasteiger partial charge < -0.3 is 0 Å². The molecule has 19 heavy (non-hydrogen) atoms. The summed E-state index contributed by atoms with van der Waals surface area (Å²) < 4.78 is 37.2. The van der Waals surface area contributed by atoms with Gasteiger partial charge >= 0.3 is 0 Å². The first kappa shape index (κ1) is 12.3. The van der Waals surface area contributed by atoms with Crippen LogP contribution in [0.15, 0.2) is 29.2 Å². The molecule has 1 fully saturated rings. The molecule has 1 aliphatic carbocycles. The molecular formula is C12H12FN3O2S. The van der Waals surface area contributed by atoms with Crippen LogP contribution < -0.4 is 0 Å². The standard InChI is InChI=1S/C12H12FN3O2S/c13-9-2-1-3-10(6-9)19(17,18)7-11-14-12(16-15-11)8-4-5-8/h1-3,6,8H,4-5,7H2,(H,14,15,16). The van der Waals surface area contributed by atoms with Gasteiger partial charge in [-0.1, -0.05) is 6.07 Å². The number of benzene rings is 1. The van der Waals surface area contributed by atoms with E-state index in [1.54, 1.807) is 0 Å². The Kier molecular flexibility index (Phi) is 2.85. The summed E-state index contributed by atoms with van der Waals surface area (Å²) >= 11 is 0. The van der Waals surface area contributed by atoms with Crippen molar-refractivity contribution in [3.8, 4) is 0 Å². The SMILES string of the molecule is O=S(=O)(Cc1nc(C2CC2)n[nH]1)c1cccc(F)c1. The van der Waals surface area contributed by atoms with Gasteiger partial charge in [0, 0.05) is 5.92 Å². The molecule has 0 unspecified atom stereocenters. The highest BCUT2D eigenvalue weighted by atomic mass is 32.2. The van der Waals surface area contributed by atoms with E-state index in [4.69, 9.17) is 0 Å². The molecule has 0 saturated heterocycles. The fourth-order valence-corrected chi connectivity index (χ4v) is 3.06. The van der Waals surface area contributed by atoms with Gasteiger partial charge in [-0.25, -0.2) is 17.8 Å². The maximum absolute atomic E-state index is 13.1. The Bertz CT molecular complexity index is 707. The summed E-state index contributed by atoms with van der Waals surface area (Å²) in [5.41, 5.74) is 0. The predicted molar refractivity (Wildman–Crippen MR) is 65.6 cm³/mol. The third-order valence-corrected chi connectivity index (χ3v) is 4.60. The summed E-state index contributed by atoms with van der Waals surface area (Å²) in [6.07, 6.45) is 2.10. The minimum atomic E-state index is -3.60. The Hall–Kier alpha value is -1.76. The molecular weight excluding hydrogens is 269 g/mol. The second kappa shape index (κ2) is 4.41. The Balaban J connectivity index is 1.84.